The van der Waals surface area contributed by atoms with E-state index < -0.39 is 0 Å². The third-order valence-electron chi connectivity index (χ3n) is 2.78. The first kappa shape index (κ1) is 13.0. The molecule has 0 bridgehead atoms. The van der Waals surface area contributed by atoms with E-state index in [0.29, 0.717) is 11.1 Å². The van der Waals surface area contributed by atoms with Gasteiger partial charge in [0.25, 0.3) is 5.91 Å². The molecule has 0 radical (unpaired) electrons. The van der Waals surface area contributed by atoms with Crippen LogP contribution < -0.4 is 10.9 Å². The van der Waals surface area contributed by atoms with Crippen LogP contribution in [0.1, 0.15) is 15.9 Å². The molecule has 0 atom stereocenters. The molecule has 2 N–H and O–H groups in total. The Morgan fingerprint density at radius 1 is 1.29 bits per heavy atom. The molecule has 21 heavy (non-hydrogen) atoms. The fraction of sp³-hybridized carbons (Fsp3) is 0. The number of nitrogens with zero attached hydrogens (tertiary/aromatic N) is 3. The highest BCUT2D eigenvalue weighted by molar-refractivity contribution is 7.16. The quantitative estimate of drug-likeness (QED) is 0.724. The first-order chi connectivity index (χ1) is 10.3. The highest BCUT2D eigenvalue weighted by atomic mass is 32.1. The molecule has 0 unspecified atom stereocenters. The van der Waals surface area contributed by atoms with E-state index in [1.54, 1.807) is 5.51 Å². The van der Waals surface area contributed by atoms with Crippen LogP contribution in [0.5, 0.6) is 0 Å². The van der Waals surface area contributed by atoms with Gasteiger partial charge in [-0.25, -0.2) is 4.98 Å². The smallest absolute Gasteiger partial charge is 0.271 e. The van der Waals surface area contributed by atoms with E-state index >= 15 is 0 Å². The maximum absolute atomic E-state index is 12.0. The second kappa shape index (κ2) is 5.56. The average Bonchev–Trinajstić information content (AvgIpc) is 3.00. The fourth-order valence-corrected chi connectivity index (χ4v) is 2.48. The number of benzene rings is 1. The third kappa shape index (κ3) is 2.80. The van der Waals surface area contributed by atoms with Gasteiger partial charge < -0.3 is 0 Å². The topological polar surface area (TPSA) is 90.7 Å². The second-order valence-electron chi connectivity index (χ2n) is 4.19. The summed E-state index contributed by atoms with van der Waals surface area (Å²) in [4.78, 5) is 20.0. The lowest BCUT2D eigenvalue weighted by atomic mass is 10.2. The number of hydrogen-bond donors (Lipinski definition) is 2. The van der Waals surface area contributed by atoms with Gasteiger partial charge >= 0.3 is 0 Å². The number of nitriles is 1. The lowest BCUT2D eigenvalue weighted by molar-refractivity contribution is 0.0962. The van der Waals surface area contributed by atoms with Crippen molar-refractivity contribution in [1.29, 1.82) is 5.26 Å². The number of hydrazine groups is 1. The van der Waals surface area contributed by atoms with Gasteiger partial charge in [-0.2, -0.15) is 5.26 Å². The van der Waals surface area contributed by atoms with Gasteiger partial charge in [0, 0.05) is 12.4 Å². The van der Waals surface area contributed by atoms with E-state index in [4.69, 9.17) is 5.26 Å². The number of carbonyl (C=O) groups is 1. The van der Waals surface area contributed by atoms with Crippen molar-refractivity contribution in [3.63, 3.8) is 0 Å². The molecule has 3 rings (SSSR count). The number of nitrogens with one attached hydrogen (secondary N) is 2. The average molecular weight is 295 g/mol. The summed E-state index contributed by atoms with van der Waals surface area (Å²) in [6.45, 7) is 0. The van der Waals surface area contributed by atoms with E-state index in [9.17, 15) is 4.79 Å². The number of carbonyl (C=O) groups excluding carboxylic acids is 1. The summed E-state index contributed by atoms with van der Waals surface area (Å²) >= 11 is 1.53. The van der Waals surface area contributed by atoms with Gasteiger partial charge in [-0.05, 0) is 24.3 Å². The van der Waals surface area contributed by atoms with Crippen molar-refractivity contribution < 1.29 is 4.79 Å². The minimum atomic E-state index is -0.357. The monoisotopic (exact) mass is 295 g/mol. The van der Waals surface area contributed by atoms with Gasteiger partial charge in [-0.1, -0.05) is 0 Å². The molecule has 2 aromatic heterocycles. The molecular formula is C14H9N5OS. The van der Waals surface area contributed by atoms with Crippen molar-refractivity contribution in [3.05, 3.63) is 53.3 Å². The van der Waals surface area contributed by atoms with Crippen molar-refractivity contribution in [2.45, 2.75) is 0 Å². The molecule has 0 aliphatic carbocycles. The summed E-state index contributed by atoms with van der Waals surface area (Å²) in [6.07, 6.45) is 2.81. The van der Waals surface area contributed by atoms with Crippen LogP contribution in [0.3, 0.4) is 0 Å². The number of aromatic nitrogens is 2. The number of anilines is 1. The van der Waals surface area contributed by atoms with E-state index in [2.05, 4.69) is 20.8 Å². The maximum atomic E-state index is 12.0. The Hall–Kier alpha value is -2.98. The van der Waals surface area contributed by atoms with Gasteiger partial charge in [0.2, 0.25) is 0 Å². The van der Waals surface area contributed by atoms with Crippen LogP contribution in [0.25, 0.3) is 10.2 Å². The molecule has 0 aliphatic heterocycles. The third-order valence-corrected chi connectivity index (χ3v) is 3.57. The summed E-state index contributed by atoms with van der Waals surface area (Å²) in [5.41, 5.74) is 9.50. The molecule has 0 saturated heterocycles. The Labute approximate surface area is 124 Å². The Morgan fingerprint density at radius 3 is 3.05 bits per heavy atom. The van der Waals surface area contributed by atoms with Crippen molar-refractivity contribution in [3.8, 4) is 6.07 Å². The predicted molar refractivity (Wildman–Crippen MR) is 79.7 cm³/mol. The highest BCUT2D eigenvalue weighted by Crippen LogP contribution is 2.21. The summed E-state index contributed by atoms with van der Waals surface area (Å²) in [5.74, 6) is -0.357. The number of pyridine rings is 1. The molecule has 6 nitrogen and oxygen atoms in total. The fourth-order valence-electron chi connectivity index (χ4n) is 1.76. The van der Waals surface area contributed by atoms with Crippen LogP contribution in [-0.4, -0.2) is 15.9 Å². The molecule has 0 fully saturated rings. The molecule has 0 saturated carbocycles. The Balaban J connectivity index is 1.71. The van der Waals surface area contributed by atoms with Gasteiger partial charge in [0.1, 0.15) is 6.07 Å². The van der Waals surface area contributed by atoms with Crippen LogP contribution in [0.15, 0.2) is 42.2 Å². The predicted octanol–water partition coefficient (Wildman–Crippen LogP) is 2.32. The standard InChI is InChI=1S/C14H9N5OS/c15-5-9-3-10(7-16-6-9)14(20)19-18-11-1-2-12-13(4-11)21-8-17-12/h1-4,6-8,18H,(H,19,20). The molecule has 0 spiro atoms. The molecule has 102 valence electrons. The maximum Gasteiger partial charge on any atom is 0.271 e. The van der Waals surface area contributed by atoms with Crippen LogP contribution in [-0.2, 0) is 0 Å². The Morgan fingerprint density at radius 2 is 2.19 bits per heavy atom. The van der Waals surface area contributed by atoms with Crippen LogP contribution >= 0.6 is 11.3 Å². The normalized spacial score (nSPS) is 10.0. The summed E-state index contributed by atoms with van der Waals surface area (Å²) in [5, 5.41) is 8.79. The molecular weight excluding hydrogens is 286 g/mol. The van der Waals surface area contributed by atoms with Crippen molar-refractivity contribution >= 4 is 33.1 Å². The second-order valence-corrected chi connectivity index (χ2v) is 5.07. The zero-order valence-corrected chi connectivity index (χ0v) is 11.5. The number of amides is 1. The zero-order chi connectivity index (χ0) is 14.7. The Kier molecular flexibility index (Phi) is 3.45. The number of thiazole rings is 1. The minimum Gasteiger partial charge on any atom is -0.298 e. The molecule has 7 heteroatoms. The van der Waals surface area contributed by atoms with E-state index in [0.717, 1.165) is 15.9 Å². The summed E-state index contributed by atoms with van der Waals surface area (Å²) < 4.78 is 1.03. The van der Waals surface area contributed by atoms with E-state index in [-0.39, 0.29) is 5.91 Å². The van der Waals surface area contributed by atoms with E-state index in [1.807, 2.05) is 24.3 Å². The Bertz CT molecular complexity index is 852. The minimum absolute atomic E-state index is 0.320. The number of hydrogen-bond acceptors (Lipinski definition) is 6. The molecule has 3 aromatic rings. The highest BCUT2D eigenvalue weighted by Gasteiger charge is 2.07. The van der Waals surface area contributed by atoms with Crippen LogP contribution in [0, 0.1) is 11.3 Å². The van der Waals surface area contributed by atoms with Crippen molar-refractivity contribution in [2.24, 2.45) is 0 Å². The molecule has 0 aliphatic rings. The van der Waals surface area contributed by atoms with Crippen molar-refractivity contribution in [2.75, 3.05) is 5.43 Å². The number of fused-ring (bicyclic) bond motifs is 1. The first-order valence-electron chi connectivity index (χ1n) is 6.01. The summed E-state index contributed by atoms with van der Waals surface area (Å²) in [6, 6.07) is 9.03. The zero-order valence-electron chi connectivity index (χ0n) is 10.7. The number of rotatable bonds is 3. The van der Waals surface area contributed by atoms with Crippen LogP contribution in [0.2, 0.25) is 0 Å². The summed E-state index contributed by atoms with van der Waals surface area (Å²) in [7, 11) is 0. The lowest BCUT2D eigenvalue weighted by Crippen LogP contribution is -2.29. The molecule has 2 heterocycles. The SMILES string of the molecule is N#Cc1cncc(C(=O)NNc2ccc3ncsc3c2)c1. The van der Waals surface area contributed by atoms with Crippen molar-refractivity contribution in [1.82, 2.24) is 15.4 Å². The molecule has 1 amide bonds. The lowest BCUT2D eigenvalue weighted by Gasteiger charge is -2.08. The van der Waals surface area contributed by atoms with Gasteiger partial charge in [0.15, 0.2) is 0 Å². The first-order valence-corrected chi connectivity index (χ1v) is 6.89. The van der Waals surface area contributed by atoms with Crippen LogP contribution in [0.4, 0.5) is 5.69 Å². The largest absolute Gasteiger partial charge is 0.298 e. The van der Waals surface area contributed by atoms with Gasteiger partial charge in [0.05, 0.1) is 32.5 Å². The van der Waals surface area contributed by atoms with E-state index in [1.165, 1.54) is 29.8 Å². The van der Waals surface area contributed by atoms with Gasteiger partial charge in [-0.3, -0.25) is 20.6 Å². The molecule has 1 aromatic carbocycles. The van der Waals surface area contributed by atoms with Gasteiger partial charge in [-0.15, -0.1) is 11.3 Å².